The number of carbonyl (C=O) groups is 1. The molecule has 1 heterocycles. The average molecular weight is 280 g/mol. The maximum Gasteiger partial charge on any atom is 0.255 e. The fraction of sp³-hybridized carbons (Fsp3) is 0.176. The van der Waals surface area contributed by atoms with Crippen LogP contribution in [0, 0.1) is 0 Å². The number of hydrogen-bond donors (Lipinski definition) is 1. The zero-order chi connectivity index (χ0) is 14.8. The number of fused-ring (bicyclic) bond motifs is 1. The topological polar surface area (TPSA) is 55.1 Å². The number of nitrogens with one attached hydrogen (secondary N) is 1. The number of carbonyl (C=O) groups excluding carboxylic acids is 1. The summed E-state index contributed by atoms with van der Waals surface area (Å²) in [7, 11) is 0. The van der Waals surface area contributed by atoms with Gasteiger partial charge in [-0.1, -0.05) is 32.0 Å². The Labute approximate surface area is 122 Å². The number of benzene rings is 2. The van der Waals surface area contributed by atoms with E-state index in [-0.39, 0.29) is 5.91 Å². The van der Waals surface area contributed by atoms with E-state index >= 15 is 0 Å². The number of hydrogen-bond acceptors (Lipinski definition) is 3. The van der Waals surface area contributed by atoms with Gasteiger partial charge in [0.15, 0.2) is 12.0 Å². The maximum absolute atomic E-state index is 12.4. The number of anilines is 1. The Morgan fingerprint density at radius 2 is 2.00 bits per heavy atom. The summed E-state index contributed by atoms with van der Waals surface area (Å²) in [5, 5.41) is 2.97. The number of rotatable bonds is 3. The first-order valence-corrected chi connectivity index (χ1v) is 6.88. The molecule has 0 saturated heterocycles. The van der Waals surface area contributed by atoms with E-state index < -0.39 is 0 Å². The molecule has 4 nitrogen and oxygen atoms in total. The highest BCUT2D eigenvalue weighted by atomic mass is 16.3. The second-order valence-electron chi connectivity index (χ2n) is 5.23. The maximum atomic E-state index is 12.4. The number of aromatic nitrogens is 1. The van der Waals surface area contributed by atoms with Crippen molar-refractivity contribution in [2.75, 3.05) is 5.32 Å². The number of para-hydroxylation sites is 1. The molecule has 3 rings (SSSR count). The average Bonchev–Trinajstić information content (AvgIpc) is 2.94. The minimum Gasteiger partial charge on any atom is -0.443 e. The predicted molar refractivity (Wildman–Crippen MR) is 82.5 cm³/mol. The van der Waals surface area contributed by atoms with Crippen LogP contribution in [0.1, 0.15) is 35.7 Å². The third-order valence-electron chi connectivity index (χ3n) is 3.42. The smallest absolute Gasteiger partial charge is 0.255 e. The lowest BCUT2D eigenvalue weighted by Crippen LogP contribution is -2.13. The molecular weight excluding hydrogens is 264 g/mol. The van der Waals surface area contributed by atoms with Crippen molar-refractivity contribution < 1.29 is 9.21 Å². The normalized spacial score (nSPS) is 11.0. The first-order chi connectivity index (χ1) is 10.1. The molecular formula is C17H16N2O2. The monoisotopic (exact) mass is 280 g/mol. The van der Waals surface area contributed by atoms with Crippen molar-refractivity contribution in [1.82, 2.24) is 4.98 Å². The molecule has 0 aliphatic carbocycles. The molecule has 0 fully saturated rings. The molecule has 106 valence electrons. The molecule has 0 unspecified atom stereocenters. The molecule has 0 bridgehead atoms. The lowest BCUT2D eigenvalue weighted by atomic mass is 10.0. The van der Waals surface area contributed by atoms with Gasteiger partial charge < -0.3 is 9.73 Å². The molecule has 1 amide bonds. The molecule has 0 atom stereocenters. The van der Waals surface area contributed by atoms with Gasteiger partial charge in [-0.05, 0) is 35.7 Å². The van der Waals surface area contributed by atoms with E-state index in [0.29, 0.717) is 22.6 Å². The Morgan fingerprint density at radius 3 is 2.81 bits per heavy atom. The minimum absolute atomic E-state index is 0.145. The van der Waals surface area contributed by atoms with Crippen LogP contribution in [0.25, 0.3) is 11.1 Å². The Bertz CT molecular complexity index is 790. The van der Waals surface area contributed by atoms with Crippen LogP contribution in [0.4, 0.5) is 5.69 Å². The van der Waals surface area contributed by atoms with Crippen molar-refractivity contribution in [3.8, 4) is 0 Å². The Balaban J connectivity index is 1.89. The Morgan fingerprint density at radius 1 is 1.19 bits per heavy atom. The van der Waals surface area contributed by atoms with E-state index in [1.54, 1.807) is 18.2 Å². The van der Waals surface area contributed by atoms with Gasteiger partial charge in [0.05, 0.1) is 0 Å². The first kappa shape index (κ1) is 13.4. The van der Waals surface area contributed by atoms with Crippen molar-refractivity contribution in [2.45, 2.75) is 19.8 Å². The summed E-state index contributed by atoms with van der Waals surface area (Å²) < 4.78 is 5.18. The Kier molecular flexibility index (Phi) is 3.44. The Hall–Kier alpha value is -2.62. The molecule has 21 heavy (non-hydrogen) atoms. The second-order valence-corrected chi connectivity index (χ2v) is 5.23. The fourth-order valence-corrected chi connectivity index (χ4v) is 2.31. The van der Waals surface area contributed by atoms with Crippen molar-refractivity contribution in [2.24, 2.45) is 0 Å². The molecule has 3 aromatic rings. The van der Waals surface area contributed by atoms with Gasteiger partial charge in [-0.25, -0.2) is 4.98 Å². The standard InChI is InChI=1S/C17H16N2O2/c1-11(2)13-5-3-4-6-14(13)19-17(20)12-7-8-16-15(9-12)18-10-21-16/h3-11H,1-2H3,(H,19,20). The zero-order valence-corrected chi connectivity index (χ0v) is 12.0. The van der Waals surface area contributed by atoms with Crippen LogP contribution >= 0.6 is 0 Å². The first-order valence-electron chi connectivity index (χ1n) is 6.88. The van der Waals surface area contributed by atoms with E-state index in [4.69, 9.17) is 4.42 Å². The SMILES string of the molecule is CC(C)c1ccccc1NC(=O)c1ccc2ocnc2c1. The second kappa shape index (κ2) is 5.40. The quantitative estimate of drug-likeness (QED) is 0.782. The van der Waals surface area contributed by atoms with Crippen molar-refractivity contribution >= 4 is 22.7 Å². The number of nitrogens with zero attached hydrogens (tertiary/aromatic N) is 1. The van der Waals surface area contributed by atoms with Gasteiger partial charge in [0.2, 0.25) is 0 Å². The summed E-state index contributed by atoms with van der Waals surface area (Å²) in [6.07, 6.45) is 1.38. The van der Waals surface area contributed by atoms with Crippen LogP contribution in [-0.4, -0.2) is 10.9 Å². The summed E-state index contributed by atoms with van der Waals surface area (Å²) in [6.45, 7) is 4.21. The van der Waals surface area contributed by atoms with Crippen LogP contribution < -0.4 is 5.32 Å². The molecule has 0 aliphatic rings. The van der Waals surface area contributed by atoms with E-state index in [2.05, 4.69) is 24.1 Å². The highest BCUT2D eigenvalue weighted by Crippen LogP contribution is 2.24. The lowest BCUT2D eigenvalue weighted by molar-refractivity contribution is 0.102. The van der Waals surface area contributed by atoms with E-state index in [1.807, 2.05) is 24.3 Å². The third-order valence-corrected chi connectivity index (χ3v) is 3.42. The fourth-order valence-electron chi connectivity index (χ4n) is 2.31. The van der Waals surface area contributed by atoms with Gasteiger partial charge in [0, 0.05) is 11.3 Å². The van der Waals surface area contributed by atoms with E-state index in [9.17, 15) is 4.79 Å². The van der Waals surface area contributed by atoms with Crippen LogP contribution in [-0.2, 0) is 0 Å². The highest BCUT2D eigenvalue weighted by molar-refractivity contribution is 6.06. The lowest BCUT2D eigenvalue weighted by Gasteiger charge is -2.13. The molecule has 0 radical (unpaired) electrons. The summed E-state index contributed by atoms with van der Waals surface area (Å²) in [6, 6.07) is 13.1. The third kappa shape index (κ3) is 2.65. The van der Waals surface area contributed by atoms with Gasteiger partial charge >= 0.3 is 0 Å². The van der Waals surface area contributed by atoms with Gasteiger partial charge in [-0.15, -0.1) is 0 Å². The van der Waals surface area contributed by atoms with Crippen LogP contribution in [0.5, 0.6) is 0 Å². The van der Waals surface area contributed by atoms with Gasteiger partial charge in [0.25, 0.3) is 5.91 Å². The van der Waals surface area contributed by atoms with Crippen molar-refractivity contribution in [3.63, 3.8) is 0 Å². The number of amides is 1. The molecule has 0 spiro atoms. The molecule has 0 aliphatic heterocycles. The largest absolute Gasteiger partial charge is 0.443 e. The summed E-state index contributed by atoms with van der Waals surface area (Å²) in [5.41, 5.74) is 3.88. The summed E-state index contributed by atoms with van der Waals surface area (Å²) in [4.78, 5) is 16.5. The van der Waals surface area contributed by atoms with E-state index in [1.165, 1.54) is 6.39 Å². The summed E-state index contributed by atoms with van der Waals surface area (Å²) in [5.74, 6) is 0.201. The molecule has 2 aromatic carbocycles. The zero-order valence-electron chi connectivity index (χ0n) is 12.0. The van der Waals surface area contributed by atoms with Crippen molar-refractivity contribution in [1.29, 1.82) is 0 Å². The van der Waals surface area contributed by atoms with E-state index in [0.717, 1.165) is 11.3 Å². The van der Waals surface area contributed by atoms with Gasteiger partial charge in [0.1, 0.15) is 5.52 Å². The predicted octanol–water partition coefficient (Wildman–Crippen LogP) is 4.20. The molecule has 0 saturated carbocycles. The van der Waals surface area contributed by atoms with Crippen LogP contribution in [0.2, 0.25) is 0 Å². The highest BCUT2D eigenvalue weighted by Gasteiger charge is 2.12. The number of oxazole rings is 1. The molecule has 4 heteroatoms. The van der Waals surface area contributed by atoms with Crippen LogP contribution in [0.3, 0.4) is 0 Å². The van der Waals surface area contributed by atoms with Crippen molar-refractivity contribution in [3.05, 3.63) is 60.0 Å². The summed E-state index contributed by atoms with van der Waals surface area (Å²) >= 11 is 0. The van der Waals surface area contributed by atoms with Crippen LogP contribution in [0.15, 0.2) is 53.3 Å². The minimum atomic E-state index is -0.145. The van der Waals surface area contributed by atoms with Gasteiger partial charge in [-0.2, -0.15) is 0 Å². The van der Waals surface area contributed by atoms with Gasteiger partial charge in [-0.3, -0.25) is 4.79 Å². The molecule has 1 aromatic heterocycles. The molecule has 1 N–H and O–H groups in total.